The summed E-state index contributed by atoms with van der Waals surface area (Å²) in [6.45, 7) is 5.42. The summed E-state index contributed by atoms with van der Waals surface area (Å²) in [5, 5.41) is 14.8. The molecule has 39 heteroatoms. The smallest absolute Gasteiger partial charge is 0.240 e. The van der Waals surface area contributed by atoms with Gasteiger partial charge < -0.3 is 64.4 Å². The van der Waals surface area contributed by atoms with Gasteiger partial charge in [-0.05, 0) is 163 Å². The van der Waals surface area contributed by atoms with Crippen molar-refractivity contribution in [3.05, 3.63) is 189 Å². The van der Waals surface area contributed by atoms with Crippen molar-refractivity contribution in [1.82, 2.24) is 72.1 Å². The lowest BCUT2D eigenvalue weighted by Gasteiger charge is -2.35. The molecule has 6 aromatic rings. The third-order valence-corrected chi connectivity index (χ3v) is 26.5. The van der Waals surface area contributed by atoms with Gasteiger partial charge in [-0.3, -0.25) is 19.2 Å². The normalized spacial score (nSPS) is 16.9. The number of ether oxygens (including phenoxy) is 6. The highest BCUT2D eigenvalue weighted by Gasteiger charge is 2.37. The van der Waals surface area contributed by atoms with Gasteiger partial charge in [0.1, 0.15) is 0 Å². The number of nitrogens with zero attached hydrogens (tertiary/aromatic N) is 3. The van der Waals surface area contributed by atoms with Crippen molar-refractivity contribution < 1.29 is 72.9 Å². The molecule has 10 rings (SSSR count). The van der Waals surface area contributed by atoms with E-state index in [-0.39, 0.29) is 196 Å². The van der Waals surface area contributed by atoms with Crippen LogP contribution in [0.4, 0.5) is 0 Å². The topological polar surface area (TPSA) is 368 Å². The molecular weight excluding hydrogens is 1710 g/mol. The number of sulfonamides is 3. The van der Waals surface area contributed by atoms with E-state index in [9.17, 15) is 44.4 Å². The van der Waals surface area contributed by atoms with Crippen LogP contribution in [-0.4, -0.2) is 235 Å². The first-order chi connectivity index (χ1) is 56.5. The van der Waals surface area contributed by atoms with Crippen LogP contribution in [0.25, 0.3) is 0 Å². The molecule has 0 radical (unpaired) electrons. The Balaban J connectivity index is 0.656. The van der Waals surface area contributed by atoms with Gasteiger partial charge in [0.05, 0.1) is 107 Å². The summed E-state index contributed by atoms with van der Waals surface area (Å²) in [5.41, 5.74) is 18.0. The quantitative estimate of drug-likeness (QED) is 0.0170. The fourth-order valence-corrected chi connectivity index (χ4v) is 19.5. The van der Waals surface area contributed by atoms with Gasteiger partial charge >= 0.3 is 0 Å². The van der Waals surface area contributed by atoms with Crippen molar-refractivity contribution >= 4 is 123 Å². The molecule has 0 aromatic heterocycles. The number of carbonyl (C=O) groups excluding carboxylic acids is 4. The molecule has 1 fully saturated rings. The maximum atomic E-state index is 13.9. The Morgan fingerprint density at radius 3 is 0.983 bits per heavy atom. The van der Waals surface area contributed by atoms with Crippen LogP contribution in [0.15, 0.2) is 124 Å². The van der Waals surface area contributed by atoms with Gasteiger partial charge in [0.25, 0.3) is 0 Å². The number of halogens is 6. The maximum Gasteiger partial charge on any atom is 0.240 e. The van der Waals surface area contributed by atoms with Crippen LogP contribution in [0.5, 0.6) is 0 Å². The standard InChI is InChI=1S/C79H104Cl6N14O16S3/c1-97-47-65(62-40-56(80)43-71(83)68(62)50-97)53-7-4-10-59(37-53)116(104,105)89-22-28-113-34-31-110-25-19-86-75(100)13-16-79(92-78(103)46-74-93-95-96-94-74,17-14-76(101)87-20-26-111-32-35-114-29-23-90-117(106,107)60-11-5-8-54(38-60)66-48-98(2)51-69-63(66)41-57(81)44-72(69)84)18-15-77(102)88-21-27-112-33-36-115-30-24-91-118(108,109)61-12-6-9-55(39-61)67-49-99(3)52-70-64(67)42-58(82)45-73(70)85/h4-12,37-45,65-67,74,89-91,93-96H,13-36,46-52H2,1-3H3,(H,86,100)(H,87,101)(H,88,102)(H,92,103)/t65-,66-,67-/m0/s1. The van der Waals surface area contributed by atoms with E-state index in [2.05, 4.69) is 72.1 Å². The highest BCUT2D eigenvalue weighted by molar-refractivity contribution is 7.90. The van der Waals surface area contributed by atoms with Crippen LogP contribution in [0, 0.1) is 0 Å². The highest BCUT2D eigenvalue weighted by Crippen LogP contribution is 2.43. The first kappa shape index (κ1) is 94.4. The number of benzene rings is 6. The number of fused-ring (bicyclic) bond motifs is 3. The lowest BCUT2D eigenvalue weighted by Crippen LogP contribution is -2.52. The molecule has 0 saturated carbocycles. The lowest BCUT2D eigenvalue weighted by atomic mass is 9.83. The minimum absolute atomic E-state index is 0.00678. The molecule has 0 spiro atoms. The van der Waals surface area contributed by atoms with E-state index < -0.39 is 65.4 Å². The molecule has 30 nitrogen and oxygen atoms in total. The fraction of sp³-hybridized carbons (Fsp3) is 0.494. The van der Waals surface area contributed by atoms with Crippen molar-refractivity contribution in [2.75, 3.05) is 159 Å². The Bertz CT molecular complexity index is 4320. The molecule has 4 aliphatic rings. The zero-order valence-electron chi connectivity index (χ0n) is 66.0. The Labute approximate surface area is 720 Å². The number of hydrogen-bond donors (Lipinski definition) is 11. The first-order valence-electron chi connectivity index (χ1n) is 38.9. The summed E-state index contributed by atoms with van der Waals surface area (Å²) in [6, 6.07) is 31.2. The SMILES string of the molecule is CN1Cc2c(Cl)cc(Cl)cc2[C@H](c2cccc(S(=O)(=O)NCCOCCOCCNC(=O)CCC(CCC(=O)NCCOCCOCCNS(=O)(=O)c3cccc([C@@H]4CN(C)Cc5c(Cl)cc(Cl)cc54)c3)(CCC(=O)NCCOCCOCCNS(=O)(=O)c3cccc([C@@H]4CN(C)Cc5c(Cl)cc(Cl)cc54)c3)NC(=O)CC3NNNN3)c2)C1. The fourth-order valence-electron chi connectivity index (χ4n) is 14.6. The third-order valence-electron chi connectivity index (χ3n) is 20.5. The number of rotatable bonds is 48. The van der Waals surface area contributed by atoms with E-state index in [4.69, 9.17) is 98.0 Å². The van der Waals surface area contributed by atoms with E-state index in [1.165, 1.54) is 18.2 Å². The van der Waals surface area contributed by atoms with Crippen molar-refractivity contribution in [1.29, 1.82) is 0 Å². The van der Waals surface area contributed by atoms with Crippen molar-refractivity contribution in [3.8, 4) is 0 Å². The minimum Gasteiger partial charge on any atom is -0.378 e. The zero-order valence-corrected chi connectivity index (χ0v) is 73.0. The second-order valence-corrected chi connectivity index (χ2v) is 37.2. The average Bonchev–Trinajstić information content (AvgIpc) is 0.855. The molecule has 6 aromatic carbocycles. The summed E-state index contributed by atoms with van der Waals surface area (Å²) in [5.74, 6) is -2.09. The number of nitrogens with one attached hydrogen (secondary N) is 11. The number of likely N-dealkylation sites (N-methyl/N-ethyl adjacent to an activating group) is 3. The van der Waals surface area contributed by atoms with Crippen molar-refractivity contribution in [2.45, 2.75) is 109 Å². The molecule has 0 bridgehead atoms. The van der Waals surface area contributed by atoms with Gasteiger partial charge in [-0.15, -0.1) is 0 Å². The molecule has 118 heavy (non-hydrogen) atoms. The zero-order chi connectivity index (χ0) is 84.4. The number of hydrazine groups is 3. The van der Waals surface area contributed by atoms with Crippen LogP contribution >= 0.6 is 69.6 Å². The third kappa shape index (κ3) is 28.6. The summed E-state index contributed by atoms with van der Waals surface area (Å²) in [7, 11) is -5.79. The molecular formula is C79H104Cl6N14O16S3. The van der Waals surface area contributed by atoms with Gasteiger partial charge in [0, 0.05) is 151 Å². The minimum atomic E-state index is -3.91. The predicted molar refractivity (Wildman–Crippen MR) is 452 cm³/mol. The van der Waals surface area contributed by atoms with E-state index >= 15 is 0 Å². The lowest BCUT2D eigenvalue weighted by molar-refractivity contribution is -0.127. The molecule has 646 valence electrons. The second-order valence-electron chi connectivity index (χ2n) is 29.4. The first-order valence-corrected chi connectivity index (χ1v) is 45.6. The molecule has 4 heterocycles. The largest absolute Gasteiger partial charge is 0.378 e. The molecule has 3 atom stereocenters. The Hall–Kier alpha value is -5.85. The average molecular weight is 1810 g/mol. The van der Waals surface area contributed by atoms with Crippen LogP contribution in [0.2, 0.25) is 30.1 Å². The molecule has 0 aliphatic carbocycles. The maximum absolute atomic E-state index is 13.9. The number of amides is 4. The molecule has 1 saturated heterocycles. The monoisotopic (exact) mass is 1810 g/mol. The second kappa shape index (κ2) is 46.0. The molecule has 11 N–H and O–H groups in total. The van der Waals surface area contributed by atoms with E-state index in [0.29, 0.717) is 69.4 Å². The predicted octanol–water partition coefficient (Wildman–Crippen LogP) is 7.05. The molecule has 0 unspecified atom stereocenters. The highest BCUT2D eigenvalue weighted by atomic mass is 35.5. The van der Waals surface area contributed by atoms with Crippen LogP contribution in [0.1, 0.15) is 113 Å². The van der Waals surface area contributed by atoms with E-state index in [1.54, 1.807) is 54.6 Å². The van der Waals surface area contributed by atoms with Gasteiger partial charge in [-0.25, -0.2) is 50.3 Å². The Morgan fingerprint density at radius 2 is 0.686 bits per heavy atom. The summed E-state index contributed by atoms with van der Waals surface area (Å²) >= 11 is 39.0. The summed E-state index contributed by atoms with van der Waals surface area (Å²) in [4.78, 5) is 61.5. The molecule has 4 amide bonds. The van der Waals surface area contributed by atoms with Crippen molar-refractivity contribution in [2.24, 2.45) is 0 Å². The Kier molecular flexibility index (Phi) is 36.8. The number of hydrogen-bond acceptors (Lipinski definition) is 23. The van der Waals surface area contributed by atoms with Gasteiger partial charge in [-0.1, -0.05) is 106 Å². The Morgan fingerprint density at radius 1 is 0.398 bits per heavy atom. The molecule has 4 aliphatic heterocycles. The summed E-state index contributed by atoms with van der Waals surface area (Å²) < 4.78 is 123. The van der Waals surface area contributed by atoms with Crippen LogP contribution in [-0.2, 0) is 97.3 Å². The van der Waals surface area contributed by atoms with E-state index in [1.807, 2.05) is 57.5 Å². The van der Waals surface area contributed by atoms with Gasteiger partial charge in [0.15, 0.2) is 0 Å². The van der Waals surface area contributed by atoms with Crippen molar-refractivity contribution in [3.63, 3.8) is 0 Å². The number of carbonyl (C=O) groups is 4. The van der Waals surface area contributed by atoms with E-state index in [0.717, 1.165) is 50.1 Å². The van der Waals surface area contributed by atoms with Gasteiger partial charge in [0.2, 0.25) is 53.7 Å². The van der Waals surface area contributed by atoms with Crippen LogP contribution < -0.4 is 57.4 Å². The van der Waals surface area contributed by atoms with Gasteiger partial charge in [-0.2, -0.15) is 11.1 Å². The van der Waals surface area contributed by atoms with Crippen LogP contribution in [0.3, 0.4) is 0 Å². The summed E-state index contributed by atoms with van der Waals surface area (Å²) in [6.07, 6.45) is -0.976.